The predicted molar refractivity (Wildman–Crippen MR) is 84.7 cm³/mol. The Hall–Kier alpha value is -1.06. The van der Waals surface area contributed by atoms with Crippen LogP contribution in [0.25, 0.3) is 0 Å². The van der Waals surface area contributed by atoms with Crippen molar-refractivity contribution in [2.45, 2.75) is 32.7 Å². The molecule has 1 aromatic carbocycles. The standard InChI is InChI=1S/C16H29N3/c1-5-11-19(13-12-18(3)4)15-9-7-14(8-10-15)16(17)6-2/h7-10,16H,5-6,11-13,17H2,1-4H3. The summed E-state index contributed by atoms with van der Waals surface area (Å²) in [4.78, 5) is 4.67. The topological polar surface area (TPSA) is 32.5 Å². The van der Waals surface area contributed by atoms with Gasteiger partial charge in [0.15, 0.2) is 0 Å². The van der Waals surface area contributed by atoms with E-state index in [9.17, 15) is 0 Å². The molecule has 1 atom stereocenters. The first-order chi connectivity index (χ1) is 9.08. The lowest BCUT2D eigenvalue weighted by atomic mass is 10.1. The van der Waals surface area contributed by atoms with E-state index in [-0.39, 0.29) is 6.04 Å². The van der Waals surface area contributed by atoms with Gasteiger partial charge in [-0.15, -0.1) is 0 Å². The van der Waals surface area contributed by atoms with Crippen molar-refractivity contribution in [3.05, 3.63) is 29.8 Å². The van der Waals surface area contributed by atoms with Crippen LogP contribution in [0.1, 0.15) is 38.3 Å². The molecule has 0 aliphatic rings. The maximum atomic E-state index is 6.06. The molecular formula is C16H29N3. The maximum Gasteiger partial charge on any atom is 0.0366 e. The Morgan fingerprint density at radius 2 is 1.63 bits per heavy atom. The normalized spacial score (nSPS) is 12.7. The second-order valence-electron chi connectivity index (χ2n) is 5.40. The van der Waals surface area contributed by atoms with E-state index in [2.05, 4.69) is 62.0 Å². The van der Waals surface area contributed by atoms with E-state index in [1.165, 1.54) is 17.7 Å². The van der Waals surface area contributed by atoms with E-state index >= 15 is 0 Å². The van der Waals surface area contributed by atoms with Crippen LogP contribution in [0.5, 0.6) is 0 Å². The summed E-state index contributed by atoms with van der Waals surface area (Å²) >= 11 is 0. The monoisotopic (exact) mass is 263 g/mol. The molecule has 0 radical (unpaired) electrons. The molecule has 0 saturated carbocycles. The maximum absolute atomic E-state index is 6.06. The Morgan fingerprint density at radius 1 is 1.00 bits per heavy atom. The predicted octanol–water partition coefficient (Wildman–Crippen LogP) is 2.87. The highest BCUT2D eigenvalue weighted by Gasteiger charge is 2.08. The van der Waals surface area contributed by atoms with Crippen molar-refractivity contribution < 1.29 is 0 Å². The van der Waals surface area contributed by atoms with Crippen LogP contribution in [0.3, 0.4) is 0 Å². The first-order valence-electron chi connectivity index (χ1n) is 7.33. The van der Waals surface area contributed by atoms with E-state index in [0.29, 0.717) is 0 Å². The quantitative estimate of drug-likeness (QED) is 0.783. The lowest BCUT2D eigenvalue weighted by molar-refractivity contribution is 0.413. The summed E-state index contributed by atoms with van der Waals surface area (Å²) in [6, 6.07) is 8.91. The van der Waals surface area contributed by atoms with Gasteiger partial charge < -0.3 is 15.5 Å². The molecule has 1 rings (SSSR count). The molecule has 0 aliphatic carbocycles. The fraction of sp³-hybridized carbons (Fsp3) is 0.625. The molecular weight excluding hydrogens is 234 g/mol. The van der Waals surface area contributed by atoms with Crippen molar-refractivity contribution >= 4 is 5.69 Å². The van der Waals surface area contributed by atoms with Crippen LogP contribution >= 0.6 is 0 Å². The van der Waals surface area contributed by atoms with Crippen LogP contribution < -0.4 is 10.6 Å². The Labute approximate surface area is 118 Å². The lowest BCUT2D eigenvalue weighted by Crippen LogP contribution is -2.32. The largest absolute Gasteiger partial charge is 0.370 e. The molecule has 3 heteroatoms. The van der Waals surface area contributed by atoms with E-state index in [4.69, 9.17) is 5.73 Å². The lowest BCUT2D eigenvalue weighted by Gasteiger charge is -2.26. The van der Waals surface area contributed by atoms with Crippen molar-refractivity contribution in [2.24, 2.45) is 5.73 Å². The van der Waals surface area contributed by atoms with Crippen LogP contribution in [0.4, 0.5) is 5.69 Å². The number of benzene rings is 1. The van der Waals surface area contributed by atoms with Gasteiger partial charge in [-0.05, 0) is 44.6 Å². The van der Waals surface area contributed by atoms with Crippen LogP contribution in [-0.4, -0.2) is 38.6 Å². The van der Waals surface area contributed by atoms with Gasteiger partial charge >= 0.3 is 0 Å². The summed E-state index contributed by atoms with van der Waals surface area (Å²) in [6.07, 6.45) is 2.16. The van der Waals surface area contributed by atoms with Gasteiger partial charge in [-0.25, -0.2) is 0 Å². The fourth-order valence-electron chi connectivity index (χ4n) is 2.13. The van der Waals surface area contributed by atoms with Gasteiger partial charge in [-0.1, -0.05) is 26.0 Å². The van der Waals surface area contributed by atoms with Crippen LogP contribution in [0.2, 0.25) is 0 Å². The second-order valence-corrected chi connectivity index (χ2v) is 5.40. The molecule has 2 N–H and O–H groups in total. The van der Waals surface area contributed by atoms with Crippen molar-refractivity contribution in [1.82, 2.24) is 4.90 Å². The first kappa shape index (κ1) is 16.0. The Balaban J connectivity index is 2.73. The second kappa shape index (κ2) is 8.18. The molecule has 0 aliphatic heterocycles. The zero-order chi connectivity index (χ0) is 14.3. The van der Waals surface area contributed by atoms with Gasteiger partial charge in [-0.2, -0.15) is 0 Å². The van der Waals surface area contributed by atoms with Gasteiger partial charge in [0.25, 0.3) is 0 Å². The van der Waals surface area contributed by atoms with Gasteiger partial charge in [0.1, 0.15) is 0 Å². The van der Waals surface area contributed by atoms with E-state index in [1.54, 1.807) is 0 Å². The molecule has 1 aromatic rings. The highest BCUT2D eigenvalue weighted by molar-refractivity contribution is 5.48. The van der Waals surface area contributed by atoms with Gasteiger partial charge in [0.05, 0.1) is 0 Å². The SMILES string of the molecule is CCCN(CCN(C)C)c1ccc(C(N)CC)cc1. The van der Waals surface area contributed by atoms with Gasteiger partial charge in [0.2, 0.25) is 0 Å². The highest BCUT2D eigenvalue weighted by Crippen LogP contribution is 2.20. The summed E-state index contributed by atoms with van der Waals surface area (Å²) in [6.45, 7) is 7.60. The summed E-state index contributed by atoms with van der Waals surface area (Å²) in [5.41, 5.74) is 8.59. The first-order valence-corrected chi connectivity index (χ1v) is 7.33. The summed E-state index contributed by atoms with van der Waals surface area (Å²) in [5, 5.41) is 0. The Morgan fingerprint density at radius 3 is 2.11 bits per heavy atom. The number of hydrogen-bond acceptors (Lipinski definition) is 3. The molecule has 1 unspecified atom stereocenters. The third-order valence-corrected chi connectivity index (χ3v) is 3.44. The summed E-state index contributed by atoms with van der Waals surface area (Å²) < 4.78 is 0. The number of nitrogens with two attached hydrogens (primary N) is 1. The van der Waals surface area contributed by atoms with E-state index in [0.717, 1.165) is 26.1 Å². The third kappa shape index (κ3) is 5.21. The molecule has 0 heterocycles. The fourth-order valence-corrected chi connectivity index (χ4v) is 2.13. The van der Waals surface area contributed by atoms with E-state index in [1.807, 2.05) is 0 Å². The highest BCUT2D eigenvalue weighted by atomic mass is 15.2. The molecule has 3 nitrogen and oxygen atoms in total. The Kier molecular flexibility index (Phi) is 6.89. The average Bonchev–Trinajstić information content (AvgIpc) is 2.42. The van der Waals surface area contributed by atoms with E-state index < -0.39 is 0 Å². The number of rotatable bonds is 8. The van der Waals surface area contributed by atoms with Crippen molar-refractivity contribution in [1.29, 1.82) is 0 Å². The van der Waals surface area contributed by atoms with Crippen molar-refractivity contribution in [3.63, 3.8) is 0 Å². The number of nitrogens with zero attached hydrogens (tertiary/aromatic N) is 2. The van der Waals surface area contributed by atoms with Crippen molar-refractivity contribution in [2.75, 3.05) is 38.6 Å². The average molecular weight is 263 g/mol. The van der Waals surface area contributed by atoms with Gasteiger partial charge in [-0.3, -0.25) is 0 Å². The Bertz CT molecular complexity index is 346. The molecule has 19 heavy (non-hydrogen) atoms. The number of hydrogen-bond donors (Lipinski definition) is 1. The summed E-state index contributed by atoms with van der Waals surface area (Å²) in [5.74, 6) is 0. The zero-order valence-corrected chi connectivity index (χ0v) is 12.9. The molecule has 0 bridgehead atoms. The van der Waals surface area contributed by atoms with Crippen LogP contribution in [-0.2, 0) is 0 Å². The third-order valence-electron chi connectivity index (χ3n) is 3.44. The van der Waals surface area contributed by atoms with Crippen molar-refractivity contribution in [3.8, 4) is 0 Å². The molecule has 108 valence electrons. The minimum atomic E-state index is 0.162. The molecule has 0 amide bonds. The zero-order valence-electron chi connectivity index (χ0n) is 12.9. The van der Waals surface area contributed by atoms with Crippen LogP contribution in [0.15, 0.2) is 24.3 Å². The summed E-state index contributed by atoms with van der Waals surface area (Å²) in [7, 11) is 4.24. The smallest absolute Gasteiger partial charge is 0.0366 e. The molecule has 0 aromatic heterocycles. The minimum absolute atomic E-state index is 0.162. The number of anilines is 1. The number of likely N-dealkylation sites (N-methyl/N-ethyl adjacent to an activating group) is 1. The minimum Gasteiger partial charge on any atom is -0.370 e. The molecule has 0 fully saturated rings. The van der Waals surface area contributed by atoms with Gasteiger partial charge in [0, 0.05) is 31.4 Å². The molecule has 0 saturated heterocycles. The molecule has 0 spiro atoms. The van der Waals surface area contributed by atoms with Crippen LogP contribution in [0, 0.1) is 0 Å².